The van der Waals surface area contributed by atoms with Gasteiger partial charge < -0.3 is 10.5 Å². The number of alkyl halides is 5. The molecule has 0 aliphatic heterocycles. The van der Waals surface area contributed by atoms with Crippen molar-refractivity contribution in [1.82, 2.24) is 4.98 Å². The summed E-state index contributed by atoms with van der Waals surface area (Å²) < 4.78 is 65.4. The minimum Gasteiger partial charge on any atom is -0.387 e. The molecule has 1 heterocycles. The van der Waals surface area contributed by atoms with E-state index in [1.165, 1.54) is 0 Å². The first-order chi connectivity index (χ1) is 8.80. The van der Waals surface area contributed by atoms with Crippen molar-refractivity contribution in [3.05, 3.63) is 22.9 Å². The Balaban J connectivity index is 3.41. The summed E-state index contributed by atoms with van der Waals surface area (Å²) in [6, 6.07) is 1.59. The number of hydrogen-bond donors (Lipinski definition) is 1. The molecule has 1 aromatic heterocycles. The Morgan fingerprint density at radius 2 is 2.05 bits per heavy atom. The zero-order valence-corrected chi connectivity index (χ0v) is 9.34. The highest BCUT2D eigenvalue weighted by molar-refractivity contribution is 5.42. The van der Waals surface area contributed by atoms with Gasteiger partial charge in [0.1, 0.15) is 0 Å². The van der Waals surface area contributed by atoms with E-state index >= 15 is 0 Å². The Morgan fingerprint density at radius 3 is 2.47 bits per heavy atom. The zero-order chi connectivity index (χ0) is 14.6. The lowest BCUT2D eigenvalue weighted by Crippen LogP contribution is -2.20. The number of hydrogen-bond acceptors (Lipinski definition) is 4. The third kappa shape index (κ3) is 3.75. The van der Waals surface area contributed by atoms with Crippen LogP contribution in [-0.4, -0.2) is 11.3 Å². The highest BCUT2D eigenvalue weighted by Crippen LogP contribution is 2.35. The summed E-state index contributed by atoms with van der Waals surface area (Å²) in [5.74, 6) is -1.26. The fraction of sp³-hybridized carbons (Fsp3) is 0.400. The smallest absolute Gasteiger partial charge is 0.387 e. The number of nitriles is 1. The van der Waals surface area contributed by atoms with Crippen LogP contribution >= 0.6 is 0 Å². The van der Waals surface area contributed by atoms with Gasteiger partial charge in [-0.1, -0.05) is 0 Å². The van der Waals surface area contributed by atoms with Crippen LogP contribution in [0.1, 0.15) is 23.1 Å². The topological polar surface area (TPSA) is 71.9 Å². The number of rotatable bonds is 4. The first kappa shape index (κ1) is 15.1. The summed E-state index contributed by atoms with van der Waals surface area (Å²) in [5, 5.41) is 8.55. The fourth-order valence-corrected chi connectivity index (χ4v) is 1.47. The summed E-state index contributed by atoms with van der Waals surface area (Å²) in [5.41, 5.74) is 4.01. The van der Waals surface area contributed by atoms with Crippen LogP contribution in [0.15, 0.2) is 6.20 Å². The summed E-state index contributed by atoms with van der Waals surface area (Å²) in [6.07, 6.45) is -8.03. The molecular formula is C10H8F5N3O. The number of nitrogens with two attached hydrogens (primary N) is 1. The molecule has 0 saturated carbocycles. The molecule has 0 aliphatic rings. The van der Waals surface area contributed by atoms with E-state index in [-0.39, 0.29) is 17.7 Å². The molecule has 0 saturated heterocycles. The van der Waals surface area contributed by atoms with E-state index in [0.29, 0.717) is 0 Å². The fourth-order valence-electron chi connectivity index (χ4n) is 1.47. The normalized spacial score (nSPS) is 11.5. The molecule has 0 amide bonds. The molecule has 19 heavy (non-hydrogen) atoms. The van der Waals surface area contributed by atoms with Gasteiger partial charge in [-0.2, -0.15) is 5.26 Å². The van der Waals surface area contributed by atoms with Crippen molar-refractivity contribution in [2.45, 2.75) is 25.8 Å². The van der Waals surface area contributed by atoms with Gasteiger partial charge in [0.2, 0.25) is 5.88 Å². The molecule has 4 nitrogen and oxygen atoms in total. The van der Waals surface area contributed by atoms with Crippen LogP contribution in [0.3, 0.4) is 0 Å². The van der Waals surface area contributed by atoms with Gasteiger partial charge in [-0.3, -0.25) is 0 Å². The monoisotopic (exact) mass is 281 g/mol. The van der Waals surface area contributed by atoms with Crippen molar-refractivity contribution in [3.63, 3.8) is 0 Å². The lowest BCUT2D eigenvalue weighted by Gasteiger charge is -2.16. The summed E-state index contributed by atoms with van der Waals surface area (Å²) >= 11 is 0. The van der Waals surface area contributed by atoms with Crippen molar-refractivity contribution in [2.24, 2.45) is 5.73 Å². The van der Waals surface area contributed by atoms with Crippen molar-refractivity contribution >= 4 is 0 Å². The van der Waals surface area contributed by atoms with E-state index in [0.717, 1.165) is 6.20 Å². The van der Waals surface area contributed by atoms with E-state index in [4.69, 9.17) is 11.0 Å². The second kappa shape index (κ2) is 5.79. The summed E-state index contributed by atoms with van der Waals surface area (Å²) in [7, 11) is 0. The molecule has 0 radical (unpaired) electrons. The lowest BCUT2D eigenvalue weighted by atomic mass is 10.0. The maximum absolute atomic E-state index is 12.9. The highest BCUT2D eigenvalue weighted by Gasteiger charge is 2.35. The molecule has 0 aromatic carbocycles. The standard InChI is InChI=1S/C10H8F5N3O/c11-8(12)7-6(1-2-16)5(3-17)4-18-9(7)19-10(13,14)15/h4,8H,1,3,17H2. The number of halogens is 5. The highest BCUT2D eigenvalue weighted by atomic mass is 19.4. The number of ether oxygens (including phenoxy) is 1. The Morgan fingerprint density at radius 1 is 1.42 bits per heavy atom. The number of aromatic nitrogens is 1. The maximum Gasteiger partial charge on any atom is 0.574 e. The average molecular weight is 281 g/mol. The van der Waals surface area contributed by atoms with Crippen LogP contribution in [0.25, 0.3) is 0 Å². The molecule has 0 unspecified atom stereocenters. The van der Waals surface area contributed by atoms with Gasteiger partial charge in [0, 0.05) is 12.7 Å². The van der Waals surface area contributed by atoms with Gasteiger partial charge in [-0.05, 0) is 11.1 Å². The van der Waals surface area contributed by atoms with Crippen LogP contribution < -0.4 is 10.5 Å². The van der Waals surface area contributed by atoms with Gasteiger partial charge in [-0.25, -0.2) is 13.8 Å². The largest absolute Gasteiger partial charge is 0.574 e. The molecule has 104 valence electrons. The molecule has 1 aromatic rings. The van der Waals surface area contributed by atoms with Gasteiger partial charge in [-0.15, -0.1) is 13.2 Å². The van der Waals surface area contributed by atoms with Crippen LogP contribution in [0, 0.1) is 11.3 Å². The molecule has 0 fully saturated rings. The van der Waals surface area contributed by atoms with Crippen LogP contribution in [0.5, 0.6) is 5.88 Å². The third-order valence-electron chi connectivity index (χ3n) is 2.19. The molecule has 0 spiro atoms. The minimum atomic E-state index is -5.15. The van der Waals surface area contributed by atoms with Crippen LogP contribution in [-0.2, 0) is 13.0 Å². The van der Waals surface area contributed by atoms with E-state index < -0.39 is 30.7 Å². The predicted octanol–water partition coefficient (Wildman–Crippen LogP) is 2.44. The Hall–Kier alpha value is -1.95. The third-order valence-corrected chi connectivity index (χ3v) is 2.19. The molecule has 1 rings (SSSR count). The van der Waals surface area contributed by atoms with Gasteiger partial charge in [0.25, 0.3) is 6.43 Å². The Kier molecular flexibility index (Phi) is 4.61. The lowest BCUT2D eigenvalue weighted by molar-refractivity contribution is -0.276. The summed E-state index contributed by atoms with van der Waals surface area (Å²) in [6.45, 7) is -0.226. The summed E-state index contributed by atoms with van der Waals surface area (Å²) in [4.78, 5) is 3.19. The van der Waals surface area contributed by atoms with Gasteiger partial charge in [0.05, 0.1) is 18.1 Å². The molecule has 0 aliphatic carbocycles. The first-order valence-corrected chi connectivity index (χ1v) is 4.91. The van der Waals surface area contributed by atoms with Crippen molar-refractivity contribution in [1.29, 1.82) is 5.26 Å². The zero-order valence-electron chi connectivity index (χ0n) is 9.34. The first-order valence-electron chi connectivity index (χ1n) is 4.91. The maximum atomic E-state index is 12.9. The average Bonchev–Trinajstić information content (AvgIpc) is 2.27. The second-order valence-electron chi connectivity index (χ2n) is 3.37. The Labute approximate surface area is 104 Å². The van der Waals surface area contributed by atoms with E-state index in [2.05, 4.69) is 9.72 Å². The van der Waals surface area contributed by atoms with E-state index in [9.17, 15) is 22.0 Å². The van der Waals surface area contributed by atoms with Gasteiger partial charge in [0.15, 0.2) is 0 Å². The predicted molar refractivity (Wildman–Crippen MR) is 53.1 cm³/mol. The molecular weight excluding hydrogens is 273 g/mol. The second-order valence-corrected chi connectivity index (χ2v) is 3.37. The SMILES string of the molecule is N#CCc1c(CN)cnc(OC(F)(F)F)c1C(F)F. The van der Waals surface area contributed by atoms with Crippen LogP contribution in [0.2, 0.25) is 0 Å². The van der Waals surface area contributed by atoms with Gasteiger partial charge >= 0.3 is 6.36 Å². The van der Waals surface area contributed by atoms with E-state index in [1.807, 2.05) is 0 Å². The van der Waals surface area contributed by atoms with Crippen molar-refractivity contribution in [2.75, 3.05) is 0 Å². The van der Waals surface area contributed by atoms with Crippen LogP contribution in [0.4, 0.5) is 22.0 Å². The quantitative estimate of drug-likeness (QED) is 0.860. The van der Waals surface area contributed by atoms with Crippen molar-refractivity contribution < 1.29 is 26.7 Å². The van der Waals surface area contributed by atoms with E-state index in [1.54, 1.807) is 6.07 Å². The number of pyridine rings is 1. The number of nitrogens with zero attached hydrogens (tertiary/aromatic N) is 2. The molecule has 0 bridgehead atoms. The van der Waals surface area contributed by atoms with Crippen molar-refractivity contribution in [3.8, 4) is 11.9 Å². The molecule has 9 heteroatoms. The minimum absolute atomic E-state index is 0.0753. The molecule has 2 N–H and O–H groups in total. The Bertz CT molecular complexity index is 495. The molecule has 0 atom stereocenters.